The van der Waals surface area contributed by atoms with Crippen LogP contribution in [0.15, 0.2) is 35.7 Å². The number of imidazole rings is 1. The molecular formula is C17H21N5S. The normalized spacial score (nSPS) is 11.2. The van der Waals surface area contributed by atoms with Gasteiger partial charge in [-0.2, -0.15) is 0 Å². The number of rotatable bonds is 6. The zero-order chi connectivity index (χ0) is 16.2. The summed E-state index contributed by atoms with van der Waals surface area (Å²) in [5.41, 5.74) is 10.1. The second kappa shape index (κ2) is 7.00. The lowest BCUT2D eigenvalue weighted by Crippen LogP contribution is -2.03. The summed E-state index contributed by atoms with van der Waals surface area (Å²) < 4.78 is 2.04. The minimum absolute atomic E-state index is 0.456. The molecule has 0 fully saturated rings. The SMILES string of the molecule is CCCCSc1nc(N)c2ncn(Cc3ccccc3C)c2n1. The molecule has 0 amide bonds. The third-order valence-electron chi connectivity index (χ3n) is 3.80. The molecule has 6 heteroatoms. The zero-order valence-corrected chi connectivity index (χ0v) is 14.3. The number of thioether (sulfide) groups is 1. The maximum atomic E-state index is 6.06. The zero-order valence-electron chi connectivity index (χ0n) is 13.5. The van der Waals surface area contributed by atoms with Crippen LogP contribution in [0.3, 0.4) is 0 Å². The Morgan fingerprint density at radius 3 is 2.83 bits per heavy atom. The Kier molecular flexibility index (Phi) is 4.81. The molecule has 2 N–H and O–H groups in total. The first kappa shape index (κ1) is 15.8. The van der Waals surface area contributed by atoms with E-state index in [-0.39, 0.29) is 0 Å². The van der Waals surface area contributed by atoms with E-state index in [4.69, 9.17) is 5.73 Å². The molecule has 0 aliphatic rings. The second-order valence-electron chi connectivity index (χ2n) is 5.56. The molecule has 23 heavy (non-hydrogen) atoms. The minimum Gasteiger partial charge on any atom is -0.382 e. The van der Waals surface area contributed by atoms with E-state index in [0.717, 1.165) is 35.9 Å². The molecule has 1 aromatic carbocycles. The largest absolute Gasteiger partial charge is 0.382 e. The number of hydrogen-bond donors (Lipinski definition) is 1. The maximum Gasteiger partial charge on any atom is 0.191 e. The van der Waals surface area contributed by atoms with E-state index in [9.17, 15) is 0 Å². The Morgan fingerprint density at radius 1 is 1.22 bits per heavy atom. The van der Waals surface area contributed by atoms with Crippen LogP contribution < -0.4 is 5.73 Å². The number of benzene rings is 1. The van der Waals surface area contributed by atoms with E-state index in [1.165, 1.54) is 11.1 Å². The van der Waals surface area contributed by atoms with Gasteiger partial charge in [0.25, 0.3) is 0 Å². The Hall–Kier alpha value is -2.08. The Bertz CT molecular complexity index is 812. The van der Waals surface area contributed by atoms with Crippen LogP contribution in [0.25, 0.3) is 11.2 Å². The summed E-state index contributed by atoms with van der Waals surface area (Å²) in [5.74, 6) is 1.46. The highest BCUT2D eigenvalue weighted by atomic mass is 32.2. The minimum atomic E-state index is 0.456. The van der Waals surface area contributed by atoms with Gasteiger partial charge in [-0.05, 0) is 24.5 Å². The molecule has 0 aliphatic heterocycles. The Morgan fingerprint density at radius 2 is 2.04 bits per heavy atom. The molecule has 120 valence electrons. The van der Waals surface area contributed by atoms with Gasteiger partial charge >= 0.3 is 0 Å². The van der Waals surface area contributed by atoms with Crippen molar-refractivity contribution in [1.29, 1.82) is 0 Å². The lowest BCUT2D eigenvalue weighted by Gasteiger charge is -2.08. The number of aryl methyl sites for hydroxylation is 1. The van der Waals surface area contributed by atoms with Crippen LogP contribution in [-0.2, 0) is 6.54 Å². The van der Waals surface area contributed by atoms with Gasteiger partial charge in [-0.25, -0.2) is 15.0 Å². The lowest BCUT2D eigenvalue weighted by atomic mass is 10.1. The fraction of sp³-hybridized carbons (Fsp3) is 0.353. The molecule has 0 unspecified atom stereocenters. The average Bonchev–Trinajstić information content (AvgIpc) is 2.94. The molecule has 0 spiro atoms. The molecule has 5 nitrogen and oxygen atoms in total. The number of nitrogen functional groups attached to an aromatic ring is 1. The summed E-state index contributed by atoms with van der Waals surface area (Å²) in [5, 5.41) is 0.731. The van der Waals surface area contributed by atoms with Crippen LogP contribution in [0.4, 0.5) is 5.82 Å². The average molecular weight is 327 g/mol. The van der Waals surface area contributed by atoms with Gasteiger partial charge in [-0.3, -0.25) is 0 Å². The molecule has 0 bridgehead atoms. The molecule has 0 aliphatic carbocycles. The van der Waals surface area contributed by atoms with E-state index < -0.39 is 0 Å². The molecule has 2 heterocycles. The van der Waals surface area contributed by atoms with Crippen LogP contribution >= 0.6 is 11.8 Å². The fourth-order valence-corrected chi connectivity index (χ4v) is 3.33. The molecule has 0 radical (unpaired) electrons. The summed E-state index contributed by atoms with van der Waals surface area (Å²) in [6, 6.07) is 8.34. The summed E-state index contributed by atoms with van der Waals surface area (Å²) >= 11 is 1.65. The van der Waals surface area contributed by atoms with E-state index >= 15 is 0 Å². The molecule has 2 aromatic heterocycles. The van der Waals surface area contributed by atoms with E-state index in [0.29, 0.717) is 11.3 Å². The van der Waals surface area contributed by atoms with Gasteiger partial charge in [0.05, 0.1) is 12.9 Å². The first-order valence-corrected chi connectivity index (χ1v) is 8.83. The van der Waals surface area contributed by atoms with Crippen molar-refractivity contribution in [3.05, 3.63) is 41.7 Å². The number of hydrogen-bond acceptors (Lipinski definition) is 5. The van der Waals surface area contributed by atoms with Gasteiger partial charge in [0.1, 0.15) is 5.52 Å². The third-order valence-corrected chi connectivity index (χ3v) is 4.73. The number of nitrogens with two attached hydrogens (primary N) is 1. The molecule has 0 atom stereocenters. The van der Waals surface area contributed by atoms with Crippen molar-refractivity contribution in [3.8, 4) is 0 Å². The highest BCUT2D eigenvalue weighted by molar-refractivity contribution is 7.99. The summed E-state index contributed by atoms with van der Waals surface area (Å²) in [6.45, 7) is 5.03. The van der Waals surface area contributed by atoms with Crippen molar-refractivity contribution >= 4 is 28.7 Å². The van der Waals surface area contributed by atoms with Crippen LogP contribution in [0.5, 0.6) is 0 Å². The number of nitrogens with zero attached hydrogens (tertiary/aromatic N) is 4. The smallest absolute Gasteiger partial charge is 0.191 e. The van der Waals surface area contributed by atoms with Crippen LogP contribution in [0.1, 0.15) is 30.9 Å². The number of fused-ring (bicyclic) bond motifs is 1. The van der Waals surface area contributed by atoms with Gasteiger partial charge in [-0.1, -0.05) is 49.4 Å². The summed E-state index contributed by atoms with van der Waals surface area (Å²) in [4.78, 5) is 13.4. The van der Waals surface area contributed by atoms with Crippen molar-refractivity contribution in [3.63, 3.8) is 0 Å². The third kappa shape index (κ3) is 3.47. The van der Waals surface area contributed by atoms with E-state index in [1.807, 2.05) is 10.6 Å². The van der Waals surface area contributed by atoms with Gasteiger partial charge in [0.2, 0.25) is 0 Å². The fourth-order valence-electron chi connectivity index (χ4n) is 2.40. The lowest BCUT2D eigenvalue weighted by molar-refractivity contribution is 0.799. The first-order valence-electron chi connectivity index (χ1n) is 7.84. The van der Waals surface area contributed by atoms with Crippen molar-refractivity contribution in [1.82, 2.24) is 19.5 Å². The summed E-state index contributed by atoms with van der Waals surface area (Å²) in [6.07, 6.45) is 4.10. The molecule has 0 saturated heterocycles. The maximum absolute atomic E-state index is 6.06. The second-order valence-corrected chi connectivity index (χ2v) is 6.63. The quantitative estimate of drug-likeness (QED) is 0.425. The Labute approximate surface area is 140 Å². The van der Waals surface area contributed by atoms with E-state index in [2.05, 4.69) is 47.0 Å². The van der Waals surface area contributed by atoms with Gasteiger partial charge in [0, 0.05) is 5.75 Å². The first-order chi connectivity index (χ1) is 11.2. The highest BCUT2D eigenvalue weighted by Gasteiger charge is 2.12. The molecule has 0 saturated carbocycles. The van der Waals surface area contributed by atoms with E-state index in [1.54, 1.807) is 18.1 Å². The number of aromatic nitrogens is 4. The van der Waals surface area contributed by atoms with Gasteiger partial charge < -0.3 is 10.3 Å². The summed E-state index contributed by atoms with van der Waals surface area (Å²) in [7, 11) is 0. The number of unbranched alkanes of at least 4 members (excludes halogenated alkanes) is 1. The standard InChI is InChI=1S/C17H21N5S/c1-3-4-9-23-17-20-15(18)14-16(21-17)22(11-19-14)10-13-8-6-5-7-12(13)2/h5-8,11H,3-4,9-10H2,1-2H3,(H2,18,20,21). The molecule has 3 aromatic rings. The van der Waals surface area contributed by atoms with Crippen molar-refractivity contribution < 1.29 is 0 Å². The van der Waals surface area contributed by atoms with Crippen molar-refractivity contribution in [2.24, 2.45) is 0 Å². The van der Waals surface area contributed by atoms with Crippen LogP contribution in [0.2, 0.25) is 0 Å². The Balaban J connectivity index is 1.93. The highest BCUT2D eigenvalue weighted by Crippen LogP contribution is 2.23. The van der Waals surface area contributed by atoms with Gasteiger partial charge in [-0.15, -0.1) is 0 Å². The van der Waals surface area contributed by atoms with Crippen LogP contribution in [-0.4, -0.2) is 25.3 Å². The number of anilines is 1. The monoisotopic (exact) mass is 327 g/mol. The van der Waals surface area contributed by atoms with Gasteiger partial charge in [0.15, 0.2) is 16.6 Å². The van der Waals surface area contributed by atoms with Crippen molar-refractivity contribution in [2.75, 3.05) is 11.5 Å². The van der Waals surface area contributed by atoms with Crippen LogP contribution in [0, 0.1) is 6.92 Å². The molecule has 3 rings (SSSR count). The topological polar surface area (TPSA) is 69.6 Å². The predicted octanol–water partition coefficient (Wildman–Crippen LogP) is 3.66. The molecular weight excluding hydrogens is 306 g/mol. The predicted molar refractivity (Wildman–Crippen MR) is 95.6 cm³/mol. The van der Waals surface area contributed by atoms with Crippen molar-refractivity contribution in [2.45, 2.75) is 38.4 Å².